The summed E-state index contributed by atoms with van der Waals surface area (Å²) in [5.41, 5.74) is 6.34. The molecule has 0 aromatic carbocycles. The molecule has 1 N–H and O–H groups in total. The van der Waals surface area contributed by atoms with Gasteiger partial charge < -0.3 is 9.38 Å². The second-order valence-corrected chi connectivity index (χ2v) is 7.16. The van der Waals surface area contributed by atoms with Crippen molar-refractivity contribution >= 4 is 23.7 Å². The smallest absolute Gasteiger partial charge is 0.186 e. The van der Waals surface area contributed by atoms with Gasteiger partial charge >= 0.3 is 0 Å². The maximum atomic E-state index is 13.5. The molecule has 25 heavy (non-hydrogen) atoms. The van der Waals surface area contributed by atoms with Crippen LogP contribution in [-0.4, -0.2) is 20.2 Å². The third kappa shape index (κ3) is 2.60. The van der Waals surface area contributed by atoms with Gasteiger partial charge in [-0.15, -0.1) is 12.4 Å². The van der Waals surface area contributed by atoms with Crippen LogP contribution in [0.4, 0.5) is 0 Å². The molecule has 3 aromatic heterocycles. The van der Waals surface area contributed by atoms with E-state index in [0.717, 1.165) is 36.3 Å². The lowest BCUT2D eigenvalue weighted by atomic mass is 9.70. The minimum atomic E-state index is -0.387. The van der Waals surface area contributed by atoms with Gasteiger partial charge in [0.2, 0.25) is 0 Å². The number of aromatic amines is 1. The average molecular weight is 358 g/mol. The first-order valence-corrected chi connectivity index (χ1v) is 8.69. The normalized spacial score (nSPS) is 19.7. The molecule has 5 heteroatoms. The first kappa shape index (κ1) is 17.7. The molecule has 0 aliphatic heterocycles. The Morgan fingerprint density at radius 3 is 2.84 bits per heavy atom. The fourth-order valence-electron chi connectivity index (χ4n) is 4.14. The summed E-state index contributed by atoms with van der Waals surface area (Å²) in [4.78, 5) is 21.0. The van der Waals surface area contributed by atoms with Gasteiger partial charge in [-0.1, -0.05) is 19.9 Å². The highest BCUT2D eigenvalue weighted by molar-refractivity contribution is 6.03. The minimum absolute atomic E-state index is 0. The van der Waals surface area contributed by atoms with E-state index in [2.05, 4.69) is 40.3 Å². The predicted octanol–water partition coefficient (Wildman–Crippen LogP) is 4.33. The summed E-state index contributed by atoms with van der Waals surface area (Å²) in [5, 5.41) is 0. The molecule has 132 valence electrons. The van der Waals surface area contributed by atoms with Crippen LogP contribution in [-0.2, 0) is 19.3 Å². The number of rotatable bonds is 3. The van der Waals surface area contributed by atoms with Crippen molar-refractivity contribution in [1.29, 1.82) is 0 Å². The number of nitrogens with one attached hydrogen (secondary N) is 1. The molecule has 0 radical (unpaired) electrons. The number of ketones is 1. The zero-order valence-corrected chi connectivity index (χ0v) is 15.7. The molecule has 1 atom stereocenters. The molecule has 0 fully saturated rings. The fraction of sp³-hybridized carbons (Fsp3) is 0.400. The number of imidazole rings is 1. The number of halogens is 1. The van der Waals surface area contributed by atoms with Crippen LogP contribution in [0.25, 0.3) is 5.52 Å². The van der Waals surface area contributed by atoms with Crippen molar-refractivity contribution in [2.45, 2.75) is 46.5 Å². The molecule has 0 amide bonds. The minimum Gasteiger partial charge on any atom is -0.348 e. The number of hydrogen-bond acceptors (Lipinski definition) is 2. The summed E-state index contributed by atoms with van der Waals surface area (Å²) in [6, 6.07) is 6.18. The number of carbonyl (C=O) groups is 1. The van der Waals surface area contributed by atoms with Crippen LogP contribution < -0.4 is 0 Å². The summed E-state index contributed by atoms with van der Waals surface area (Å²) < 4.78 is 2.10. The Labute approximate surface area is 154 Å². The van der Waals surface area contributed by atoms with E-state index in [0.29, 0.717) is 6.42 Å². The Bertz CT molecular complexity index is 940. The highest BCUT2D eigenvalue weighted by Crippen LogP contribution is 2.41. The lowest BCUT2D eigenvalue weighted by Gasteiger charge is -2.32. The van der Waals surface area contributed by atoms with Crippen molar-refractivity contribution in [3.8, 4) is 0 Å². The van der Waals surface area contributed by atoms with Crippen LogP contribution in [0.15, 0.2) is 30.7 Å². The largest absolute Gasteiger partial charge is 0.348 e. The van der Waals surface area contributed by atoms with E-state index in [4.69, 9.17) is 0 Å². The van der Waals surface area contributed by atoms with Crippen molar-refractivity contribution < 1.29 is 4.79 Å². The van der Waals surface area contributed by atoms with Gasteiger partial charge in [-0.2, -0.15) is 0 Å². The zero-order chi connectivity index (χ0) is 16.9. The van der Waals surface area contributed by atoms with E-state index in [-0.39, 0.29) is 23.6 Å². The van der Waals surface area contributed by atoms with Gasteiger partial charge in [0.1, 0.15) is 0 Å². The van der Waals surface area contributed by atoms with Crippen LogP contribution in [0.5, 0.6) is 0 Å². The number of fused-ring (bicyclic) bond motifs is 3. The lowest BCUT2D eigenvalue weighted by molar-refractivity contribution is 0.0775. The second kappa shape index (κ2) is 6.34. The Balaban J connectivity index is 0.00000182. The van der Waals surface area contributed by atoms with Crippen LogP contribution in [0.3, 0.4) is 0 Å². The third-order valence-electron chi connectivity index (χ3n) is 5.60. The van der Waals surface area contributed by atoms with E-state index in [1.54, 1.807) is 6.33 Å². The van der Waals surface area contributed by atoms with Crippen LogP contribution >= 0.6 is 12.4 Å². The zero-order valence-electron chi connectivity index (χ0n) is 14.9. The quantitative estimate of drug-likeness (QED) is 0.758. The Kier molecular flexibility index (Phi) is 4.50. The molecule has 4 rings (SSSR count). The topological polar surface area (TPSA) is 50.2 Å². The predicted molar refractivity (Wildman–Crippen MR) is 102 cm³/mol. The van der Waals surface area contributed by atoms with Crippen LogP contribution in [0.2, 0.25) is 0 Å². The first-order valence-electron chi connectivity index (χ1n) is 8.69. The Morgan fingerprint density at radius 2 is 2.16 bits per heavy atom. The van der Waals surface area contributed by atoms with Gasteiger partial charge in [0, 0.05) is 29.2 Å². The van der Waals surface area contributed by atoms with Crippen LogP contribution in [0, 0.1) is 12.3 Å². The maximum Gasteiger partial charge on any atom is 0.186 e. The monoisotopic (exact) mass is 357 g/mol. The van der Waals surface area contributed by atoms with E-state index in [9.17, 15) is 4.79 Å². The standard InChI is InChI=1S/C20H23N3O.ClH/c1-4-14-15-8-9-20(3,11-16-13(2)21-12-22-16)19(24)18(15)23-10-6-5-7-17(14)23;/h5-7,10,12H,4,8-9,11H2,1-3H3,(H,21,22);1H. The highest BCUT2D eigenvalue weighted by atomic mass is 35.5. The second-order valence-electron chi connectivity index (χ2n) is 7.16. The summed E-state index contributed by atoms with van der Waals surface area (Å²) in [6.45, 7) is 6.29. The third-order valence-corrected chi connectivity index (χ3v) is 5.60. The molecule has 0 bridgehead atoms. The Hall–Kier alpha value is -2.07. The number of carbonyl (C=O) groups excluding carboxylic acids is 1. The summed E-state index contributed by atoms with van der Waals surface area (Å²) in [5.74, 6) is 0.257. The fourth-order valence-corrected chi connectivity index (χ4v) is 4.14. The average Bonchev–Trinajstić information content (AvgIpc) is 3.12. The maximum absolute atomic E-state index is 13.5. The molecular formula is C20H24ClN3O. The van der Waals surface area contributed by atoms with Crippen LogP contribution in [0.1, 0.15) is 53.3 Å². The highest BCUT2D eigenvalue weighted by Gasteiger charge is 2.42. The van der Waals surface area contributed by atoms with E-state index < -0.39 is 0 Å². The molecule has 0 saturated carbocycles. The molecule has 0 spiro atoms. The van der Waals surface area contributed by atoms with Gasteiger partial charge in [-0.25, -0.2) is 4.98 Å². The molecule has 1 aliphatic carbocycles. The number of aromatic nitrogens is 3. The molecular weight excluding hydrogens is 334 g/mol. The van der Waals surface area contributed by atoms with Crippen molar-refractivity contribution in [3.63, 3.8) is 0 Å². The van der Waals surface area contributed by atoms with Crippen molar-refractivity contribution in [2.75, 3.05) is 0 Å². The van der Waals surface area contributed by atoms with Gasteiger partial charge in [0.15, 0.2) is 5.78 Å². The van der Waals surface area contributed by atoms with Gasteiger partial charge in [-0.3, -0.25) is 4.79 Å². The van der Waals surface area contributed by atoms with Gasteiger partial charge in [-0.05, 0) is 49.4 Å². The molecule has 1 unspecified atom stereocenters. The first-order chi connectivity index (χ1) is 11.5. The van der Waals surface area contributed by atoms with Gasteiger partial charge in [0.05, 0.1) is 17.7 Å². The van der Waals surface area contributed by atoms with Crippen molar-refractivity contribution in [3.05, 3.63) is 58.9 Å². The molecule has 3 heterocycles. The number of nitrogens with zero attached hydrogens (tertiary/aromatic N) is 2. The van der Waals surface area contributed by atoms with Crippen molar-refractivity contribution in [2.24, 2.45) is 5.41 Å². The van der Waals surface area contributed by atoms with E-state index in [1.807, 2.05) is 19.2 Å². The number of aryl methyl sites for hydroxylation is 2. The molecule has 0 saturated heterocycles. The summed E-state index contributed by atoms with van der Waals surface area (Å²) in [7, 11) is 0. The number of hydrogen-bond donors (Lipinski definition) is 1. The molecule has 1 aliphatic rings. The van der Waals surface area contributed by atoms with Gasteiger partial charge in [0.25, 0.3) is 0 Å². The number of H-pyrrole nitrogens is 1. The van der Waals surface area contributed by atoms with Crippen molar-refractivity contribution in [1.82, 2.24) is 14.4 Å². The number of pyridine rings is 1. The molecule has 4 nitrogen and oxygen atoms in total. The van der Waals surface area contributed by atoms with E-state index in [1.165, 1.54) is 16.6 Å². The SMILES string of the molecule is CCc1c2c(n3ccccc13)C(=O)C(C)(Cc1nc[nH]c1C)CC2.Cl. The summed E-state index contributed by atoms with van der Waals surface area (Å²) >= 11 is 0. The van der Waals surface area contributed by atoms with E-state index >= 15 is 0 Å². The lowest BCUT2D eigenvalue weighted by Crippen LogP contribution is -2.36. The number of Topliss-reactive ketones (excluding diaryl/α,β-unsaturated/α-hetero) is 1. The Morgan fingerprint density at radius 1 is 1.36 bits per heavy atom. The summed E-state index contributed by atoms with van der Waals surface area (Å²) in [6.07, 6.45) is 7.25. The molecule has 3 aromatic rings.